The molecule has 1 aliphatic heterocycles. The normalized spacial score (nSPS) is 20.1. The second kappa shape index (κ2) is 5.09. The topological polar surface area (TPSA) is 37.4 Å². The zero-order valence-corrected chi connectivity index (χ0v) is 13.5. The molecule has 1 aromatic rings. The van der Waals surface area contributed by atoms with E-state index in [1.165, 1.54) is 4.31 Å². The van der Waals surface area contributed by atoms with Crippen LogP contribution in [0.5, 0.6) is 0 Å². The van der Waals surface area contributed by atoms with Crippen molar-refractivity contribution in [2.75, 3.05) is 0 Å². The van der Waals surface area contributed by atoms with Crippen molar-refractivity contribution in [3.8, 4) is 0 Å². The van der Waals surface area contributed by atoms with E-state index < -0.39 is 10.0 Å². The van der Waals surface area contributed by atoms with Gasteiger partial charge in [0, 0.05) is 5.70 Å². The molecule has 4 heteroatoms. The van der Waals surface area contributed by atoms with Gasteiger partial charge in [-0.25, -0.2) is 8.42 Å². The molecule has 2 rings (SSSR count). The van der Waals surface area contributed by atoms with Crippen LogP contribution in [0.1, 0.15) is 33.3 Å². The molecule has 0 radical (unpaired) electrons. The third-order valence-electron chi connectivity index (χ3n) is 3.95. The van der Waals surface area contributed by atoms with Crippen LogP contribution in [-0.4, -0.2) is 18.8 Å². The van der Waals surface area contributed by atoms with Gasteiger partial charge in [-0.15, -0.1) is 0 Å². The summed E-state index contributed by atoms with van der Waals surface area (Å²) in [5, 5.41) is 0. The lowest BCUT2D eigenvalue weighted by Crippen LogP contribution is -2.39. The number of rotatable bonds is 2. The smallest absolute Gasteiger partial charge is 0.264 e. The fourth-order valence-electron chi connectivity index (χ4n) is 2.52. The Morgan fingerprint density at radius 2 is 1.55 bits per heavy atom. The van der Waals surface area contributed by atoms with E-state index in [0.29, 0.717) is 4.90 Å². The van der Waals surface area contributed by atoms with Gasteiger partial charge in [-0.1, -0.05) is 17.7 Å². The molecular weight excluding hydrogens is 270 g/mol. The Labute approximate surface area is 121 Å². The van der Waals surface area contributed by atoms with Gasteiger partial charge in [-0.05, 0) is 64.0 Å². The van der Waals surface area contributed by atoms with Gasteiger partial charge in [0.15, 0.2) is 0 Å². The first-order chi connectivity index (χ1) is 9.25. The van der Waals surface area contributed by atoms with E-state index in [9.17, 15) is 8.42 Å². The van der Waals surface area contributed by atoms with Crippen molar-refractivity contribution in [1.82, 2.24) is 4.31 Å². The quantitative estimate of drug-likeness (QED) is 0.834. The Balaban J connectivity index is 2.51. The maximum absolute atomic E-state index is 12.8. The van der Waals surface area contributed by atoms with Crippen molar-refractivity contribution in [2.24, 2.45) is 0 Å². The maximum atomic E-state index is 12.8. The van der Waals surface area contributed by atoms with E-state index in [2.05, 4.69) is 0 Å². The van der Waals surface area contributed by atoms with Crippen molar-refractivity contribution in [1.29, 1.82) is 0 Å². The minimum atomic E-state index is -3.50. The summed E-state index contributed by atoms with van der Waals surface area (Å²) in [6.07, 6.45) is 1.93. The number of hydrogen-bond acceptors (Lipinski definition) is 2. The molecule has 0 saturated carbocycles. The molecule has 0 saturated heterocycles. The van der Waals surface area contributed by atoms with Gasteiger partial charge < -0.3 is 0 Å². The molecule has 1 unspecified atom stereocenters. The first-order valence-corrected chi connectivity index (χ1v) is 8.16. The summed E-state index contributed by atoms with van der Waals surface area (Å²) >= 11 is 0. The van der Waals surface area contributed by atoms with Gasteiger partial charge in [0.2, 0.25) is 0 Å². The standard InChI is InChI=1S/C16H21NO2S/c1-11-6-8-16(9-7-11)20(18,19)17-13(3)10-12(2)14(4)15(17)5/h6-10,15H,1-5H3. The molecule has 1 heterocycles. The molecule has 0 aliphatic carbocycles. The Hall–Kier alpha value is -1.55. The van der Waals surface area contributed by atoms with Crippen LogP contribution >= 0.6 is 0 Å². The lowest BCUT2D eigenvalue weighted by Gasteiger charge is -2.35. The molecule has 20 heavy (non-hydrogen) atoms. The van der Waals surface area contributed by atoms with Crippen molar-refractivity contribution in [2.45, 2.75) is 45.6 Å². The molecule has 0 N–H and O–H groups in total. The van der Waals surface area contributed by atoms with Gasteiger partial charge in [0.25, 0.3) is 10.0 Å². The van der Waals surface area contributed by atoms with Crippen LogP contribution in [0.3, 0.4) is 0 Å². The summed E-state index contributed by atoms with van der Waals surface area (Å²) in [6, 6.07) is 6.85. The molecule has 0 bridgehead atoms. The predicted octanol–water partition coefficient (Wildman–Crippen LogP) is 3.63. The highest BCUT2D eigenvalue weighted by atomic mass is 32.2. The summed E-state index contributed by atoms with van der Waals surface area (Å²) in [5.41, 5.74) is 4.05. The van der Waals surface area contributed by atoms with E-state index in [4.69, 9.17) is 0 Å². The summed E-state index contributed by atoms with van der Waals surface area (Å²) in [7, 11) is -3.50. The van der Waals surface area contributed by atoms with Crippen molar-refractivity contribution >= 4 is 10.0 Å². The van der Waals surface area contributed by atoms with E-state index in [-0.39, 0.29) is 6.04 Å². The summed E-state index contributed by atoms with van der Waals surface area (Å²) in [4.78, 5) is 0.343. The highest BCUT2D eigenvalue weighted by molar-refractivity contribution is 7.89. The SMILES string of the molecule is CC1=CC(C)=C(C)C(C)N1S(=O)(=O)c1ccc(C)cc1. The average Bonchev–Trinajstić information content (AvgIpc) is 2.36. The lowest BCUT2D eigenvalue weighted by atomic mass is 10.00. The first kappa shape index (κ1) is 14.9. The predicted molar refractivity (Wildman–Crippen MR) is 81.8 cm³/mol. The van der Waals surface area contributed by atoms with Gasteiger partial charge in [0.1, 0.15) is 0 Å². The van der Waals surface area contributed by atoms with Crippen LogP contribution in [0, 0.1) is 6.92 Å². The number of allylic oxidation sites excluding steroid dienone is 3. The van der Waals surface area contributed by atoms with Crippen molar-refractivity contribution in [3.63, 3.8) is 0 Å². The number of nitrogens with zero attached hydrogens (tertiary/aromatic N) is 1. The Morgan fingerprint density at radius 1 is 1.00 bits per heavy atom. The van der Waals surface area contributed by atoms with Crippen LogP contribution in [0.4, 0.5) is 0 Å². The van der Waals surface area contributed by atoms with E-state index in [1.54, 1.807) is 12.1 Å². The number of aryl methyl sites for hydroxylation is 1. The second-order valence-electron chi connectivity index (χ2n) is 5.44. The van der Waals surface area contributed by atoms with Crippen LogP contribution < -0.4 is 0 Å². The molecule has 0 amide bonds. The largest absolute Gasteiger partial charge is 0.264 e. The summed E-state index contributed by atoms with van der Waals surface area (Å²) in [6.45, 7) is 9.73. The van der Waals surface area contributed by atoms with E-state index in [1.807, 2.05) is 52.8 Å². The molecule has 108 valence electrons. The van der Waals surface area contributed by atoms with Crippen LogP contribution in [0.2, 0.25) is 0 Å². The van der Waals surface area contributed by atoms with Crippen molar-refractivity contribution < 1.29 is 8.42 Å². The molecule has 1 atom stereocenters. The van der Waals surface area contributed by atoms with Crippen LogP contribution in [0.25, 0.3) is 0 Å². The molecular formula is C16H21NO2S. The lowest BCUT2D eigenvalue weighted by molar-refractivity contribution is 0.423. The molecule has 0 spiro atoms. The molecule has 0 fully saturated rings. The third-order valence-corrected chi connectivity index (χ3v) is 5.94. The molecule has 0 aromatic heterocycles. The van der Waals surface area contributed by atoms with E-state index in [0.717, 1.165) is 22.4 Å². The number of hydrogen-bond donors (Lipinski definition) is 0. The van der Waals surface area contributed by atoms with Crippen LogP contribution in [-0.2, 0) is 10.0 Å². The van der Waals surface area contributed by atoms with Gasteiger partial charge >= 0.3 is 0 Å². The first-order valence-electron chi connectivity index (χ1n) is 6.72. The minimum Gasteiger partial charge on any atom is -0.264 e. The summed E-state index contributed by atoms with van der Waals surface area (Å²) in [5.74, 6) is 0. The summed E-state index contributed by atoms with van der Waals surface area (Å²) < 4.78 is 27.2. The Morgan fingerprint density at radius 3 is 2.10 bits per heavy atom. The Kier molecular flexibility index (Phi) is 3.78. The molecule has 1 aromatic carbocycles. The highest BCUT2D eigenvalue weighted by Crippen LogP contribution is 2.31. The van der Waals surface area contributed by atoms with Crippen LogP contribution in [0.15, 0.2) is 52.1 Å². The average molecular weight is 291 g/mol. The fourth-order valence-corrected chi connectivity index (χ4v) is 4.24. The second-order valence-corrected chi connectivity index (χ2v) is 7.26. The monoisotopic (exact) mass is 291 g/mol. The number of sulfonamides is 1. The third kappa shape index (κ3) is 2.40. The van der Waals surface area contributed by atoms with Gasteiger partial charge in [-0.3, -0.25) is 4.31 Å². The molecule has 1 aliphatic rings. The minimum absolute atomic E-state index is 0.147. The molecule has 3 nitrogen and oxygen atoms in total. The maximum Gasteiger partial charge on any atom is 0.264 e. The van der Waals surface area contributed by atoms with Gasteiger partial charge in [-0.2, -0.15) is 0 Å². The van der Waals surface area contributed by atoms with Crippen molar-refractivity contribution in [3.05, 3.63) is 52.7 Å². The Bertz CT molecular complexity index is 682. The van der Waals surface area contributed by atoms with E-state index >= 15 is 0 Å². The zero-order valence-electron chi connectivity index (χ0n) is 12.6. The fraction of sp³-hybridized carbons (Fsp3) is 0.375. The zero-order chi connectivity index (χ0) is 15.1. The van der Waals surface area contributed by atoms with Gasteiger partial charge in [0.05, 0.1) is 10.9 Å². The highest BCUT2D eigenvalue weighted by Gasteiger charge is 2.32. The number of benzene rings is 1.